The van der Waals surface area contributed by atoms with Crippen LogP contribution >= 0.6 is 0 Å². The minimum atomic E-state index is -0.209. The largest absolute Gasteiger partial charge is 0.363 e. The molecule has 0 radical (unpaired) electrons. The van der Waals surface area contributed by atoms with E-state index in [-0.39, 0.29) is 23.9 Å². The molecule has 1 aliphatic rings. The van der Waals surface area contributed by atoms with Gasteiger partial charge in [-0.05, 0) is 35.1 Å². The van der Waals surface area contributed by atoms with Crippen LogP contribution in [0, 0.1) is 12.3 Å². The van der Waals surface area contributed by atoms with Crippen molar-refractivity contribution in [2.45, 2.75) is 31.7 Å². The third kappa shape index (κ3) is 3.11. The van der Waals surface area contributed by atoms with Crippen LogP contribution in [-0.2, 0) is 5.41 Å². The van der Waals surface area contributed by atoms with E-state index in [1.807, 2.05) is 6.07 Å². The van der Waals surface area contributed by atoms with E-state index in [1.54, 1.807) is 12.3 Å². The number of carbonyl (C=O) groups is 1. The highest BCUT2D eigenvalue weighted by atomic mass is 16.1. The molecule has 3 rings (SSSR count). The Morgan fingerprint density at radius 2 is 2.12 bits per heavy atom. The summed E-state index contributed by atoms with van der Waals surface area (Å²) in [5, 5.41) is 6.12. The second-order valence-corrected chi connectivity index (χ2v) is 6.69. The molecule has 1 aromatic heterocycles. The zero-order valence-electron chi connectivity index (χ0n) is 14.0. The number of amides is 1. The van der Waals surface area contributed by atoms with Gasteiger partial charge < -0.3 is 10.6 Å². The summed E-state index contributed by atoms with van der Waals surface area (Å²) in [5.41, 5.74) is 3.35. The van der Waals surface area contributed by atoms with Crippen LogP contribution in [-0.4, -0.2) is 17.4 Å². The van der Waals surface area contributed by atoms with E-state index in [1.165, 1.54) is 11.1 Å². The molecule has 0 spiro atoms. The van der Waals surface area contributed by atoms with Crippen LogP contribution < -0.4 is 10.6 Å². The molecular weight excluding hydrogens is 298 g/mol. The van der Waals surface area contributed by atoms with Gasteiger partial charge in [0, 0.05) is 6.20 Å². The first-order chi connectivity index (χ1) is 11.5. The van der Waals surface area contributed by atoms with Gasteiger partial charge >= 0.3 is 0 Å². The lowest BCUT2D eigenvalue weighted by Gasteiger charge is -2.19. The Balaban J connectivity index is 1.74. The summed E-state index contributed by atoms with van der Waals surface area (Å²) in [6, 6.07) is 12.3. The maximum atomic E-state index is 11.8. The van der Waals surface area contributed by atoms with E-state index in [0.717, 1.165) is 12.2 Å². The number of pyridine rings is 1. The van der Waals surface area contributed by atoms with Crippen molar-refractivity contribution in [3.63, 3.8) is 0 Å². The van der Waals surface area contributed by atoms with E-state index in [4.69, 9.17) is 6.42 Å². The van der Waals surface area contributed by atoms with Gasteiger partial charge in [-0.25, -0.2) is 4.98 Å². The van der Waals surface area contributed by atoms with Crippen molar-refractivity contribution in [3.8, 4) is 12.3 Å². The van der Waals surface area contributed by atoms with E-state index in [9.17, 15) is 4.79 Å². The molecule has 0 bridgehead atoms. The van der Waals surface area contributed by atoms with Crippen LogP contribution in [0.2, 0.25) is 0 Å². The first-order valence-electron chi connectivity index (χ1n) is 8.05. The number of rotatable bonds is 4. The molecule has 1 aromatic carbocycles. The van der Waals surface area contributed by atoms with Crippen LogP contribution in [0.5, 0.6) is 0 Å². The number of aromatic nitrogens is 1. The first kappa shape index (κ1) is 16.1. The van der Waals surface area contributed by atoms with Crippen molar-refractivity contribution >= 4 is 11.7 Å². The van der Waals surface area contributed by atoms with Gasteiger partial charge in [-0.15, -0.1) is 6.42 Å². The number of nitrogens with one attached hydrogen (secondary N) is 2. The van der Waals surface area contributed by atoms with Crippen LogP contribution in [0.3, 0.4) is 0 Å². The van der Waals surface area contributed by atoms with Crippen molar-refractivity contribution in [2.24, 2.45) is 0 Å². The summed E-state index contributed by atoms with van der Waals surface area (Å²) in [4.78, 5) is 16.2. The zero-order valence-corrected chi connectivity index (χ0v) is 14.0. The Morgan fingerprint density at radius 1 is 1.33 bits per heavy atom. The third-order valence-electron chi connectivity index (χ3n) is 4.48. The normalized spacial score (nSPS) is 17.6. The fourth-order valence-electron chi connectivity index (χ4n) is 3.30. The van der Waals surface area contributed by atoms with Gasteiger partial charge in [-0.2, -0.15) is 0 Å². The molecule has 2 aromatic rings. The number of hydrogen-bond donors (Lipinski definition) is 2. The lowest BCUT2D eigenvalue weighted by Crippen LogP contribution is -2.23. The first-order valence-corrected chi connectivity index (χ1v) is 8.05. The summed E-state index contributed by atoms with van der Waals surface area (Å²) >= 11 is 0. The standard InChI is InChI=1S/C20H21N3O/c1-4-11-21-19(24)14-9-10-18(22-13-14)23-17-12-20(2,3)16-8-6-5-7-15(16)17/h1,5-10,13,17H,11-12H2,2-3H3,(H,21,24)(H,22,23). The predicted octanol–water partition coefficient (Wildman–Crippen LogP) is 3.28. The smallest absolute Gasteiger partial charge is 0.253 e. The lowest BCUT2D eigenvalue weighted by atomic mass is 9.86. The Labute approximate surface area is 142 Å². The Kier molecular flexibility index (Phi) is 4.26. The van der Waals surface area contributed by atoms with Crippen molar-refractivity contribution in [1.82, 2.24) is 10.3 Å². The highest BCUT2D eigenvalue weighted by molar-refractivity contribution is 5.94. The summed E-state index contributed by atoms with van der Waals surface area (Å²) in [5.74, 6) is 2.94. The van der Waals surface area contributed by atoms with E-state index < -0.39 is 0 Å². The fraction of sp³-hybridized carbons (Fsp3) is 0.300. The predicted molar refractivity (Wildman–Crippen MR) is 95.9 cm³/mol. The Hall–Kier alpha value is -2.80. The molecule has 2 N–H and O–H groups in total. The van der Waals surface area contributed by atoms with E-state index >= 15 is 0 Å². The highest BCUT2D eigenvalue weighted by Crippen LogP contribution is 2.45. The summed E-state index contributed by atoms with van der Waals surface area (Å²) in [6.45, 7) is 4.74. The van der Waals surface area contributed by atoms with Gasteiger partial charge in [-0.3, -0.25) is 4.79 Å². The lowest BCUT2D eigenvalue weighted by molar-refractivity contribution is 0.0958. The molecule has 0 saturated carbocycles. The number of anilines is 1. The minimum Gasteiger partial charge on any atom is -0.363 e. The van der Waals surface area contributed by atoms with Crippen LogP contribution in [0.1, 0.15) is 47.8 Å². The molecule has 0 fully saturated rings. The minimum absolute atomic E-state index is 0.142. The SMILES string of the molecule is C#CCNC(=O)c1ccc(NC2CC(C)(C)c3ccccc32)nc1. The molecule has 1 unspecified atom stereocenters. The zero-order chi connectivity index (χ0) is 17.2. The van der Waals surface area contributed by atoms with Crippen molar-refractivity contribution in [2.75, 3.05) is 11.9 Å². The van der Waals surface area contributed by atoms with Gasteiger partial charge in [0.2, 0.25) is 0 Å². The summed E-state index contributed by atoms with van der Waals surface area (Å²) < 4.78 is 0. The molecule has 0 aliphatic heterocycles. The molecule has 122 valence electrons. The molecule has 1 aliphatic carbocycles. The number of fused-ring (bicyclic) bond motifs is 1. The average molecular weight is 319 g/mol. The maximum Gasteiger partial charge on any atom is 0.253 e. The molecule has 24 heavy (non-hydrogen) atoms. The number of nitrogens with zero attached hydrogens (tertiary/aromatic N) is 1. The van der Waals surface area contributed by atoms with E-state index in [2.05, 4.69) is 59.7 Å². The molecule has 1 atom stereocenters. The Morgan fingerprint density at radius 3 is 2.83 bits per heavy atom. The quantitative estimate of drug-likeness (QED) is 0.850. The van der Waals surface area contributed by atoms with Crippen molar-refractivity contribution in [1.29, 1.82) is 0 Å². The van der Waals surface area contributed by atoms with Gasteiger partial charge in [0.25, 0.3) is 5.91 Å². The second-order valence-electron chi connectivity index (χ2n) is 6.69. The number of terminal acetylenes is 1. The van der Waals surface area contributed by atoms with Crippen LogP contribution in [0.15, 0.2) is 42.6 Å². The summed E-state index contributed by atoms with van der Waals surface area (Å²) in [7, 11) is 0. The Bertz CT molecular complexity index is 787. The van der Waals surface area contributed by atoms with Crippen LogP contribution in [0.25, 0.3) is 0 Å². The molecule has 4 heteroatoms. The molecule has 1 heterocycles. The van der Waals surface area contributed by atoms with Gasteiger partial charge in [-0.1, -0.05) is 44.0 Å². The van der Waals surface area contributed by atoms with Gasteiger partial charge in [0.1, 0.15) is 5.82 Å². The highest BCUT2D eigenvalue weighted by Gasteiger charge is 2.36. The molecular formula is C20H21N3O. The second kappa shape index (κ2) is 6.37. The number of hydrogen-bond acceptors (Lipinski definition) is 3. The number of carbonyl (C=O) groups excluding carboxylic acids is 1. The third-order valence-corrected chi connectivity index (χ3v) is 4.48. The molecule has 4 nitrogen and oxygen atoms in total. The fourth-order valence-corrected chi connectivity index (χ4v) is 3.30. The molecule has 0 saturated heterocycles. The van der Waals surface area contributed by atoms with Crippen LogP contribution in [0.4, 0.5) is 5.82 Å². The molecule has 1 amide bonds. The van der Waals surface area contributed by atoms with Gasteiger partial charge in [0.05, 0.1) is 18.2 Å². The monoisotopic (exact) mass is 319 g/mol. The average Bonchev–Trinajstić information content (AvgIpc) is 2.84. The number of benzene rings is 1. The van der Waals surface area contributed by atoms with Crippen molar-refractivity contribution < 1.29 is 4.79 Å². The maximum absolute atomic E-state index is 11.8. The summed E-state index contributed by atoms with van der Waals surface area (Å²) in [6.07, 6.45) is 7.72. The van der Waals surface area contributed by atoms with Gasteiger partial charge in [0.15, 0.2) is 0 Å². The topological polar surface area (TPSA) is 54.0 Å². The van der Waals surface area contributed by atoms with E-state index in [0.29, 0.717) is 5.56 Å². The van der Waals surface area contributed by atoms with Crippen molar-refractivity contribution in [3.05, 3.63) is 59.3 Å².